The Labute approximate surface area is 99.0 Å². The van der Waals surface area contributed by atoms with Gasteiger partial charge in [0.2, 0.25) is 0 Å². The molecule has 16 heavy (non-hydrogen) atoms. The molecule has 1 heterocycles. The Hall–Kier alpha value is -0.340. The van der Waals surface area contributed by atoms with Crippen LogP contribution in [0.2, 0.25) is 0 Å². The zero-order chi connectivity index (χ0) is 11.8. The van der Waals surface area contributed by atoms with E-state index in [0.717, 1.165) is 19.4 Å². The zero-order valence-electron chi connectivity index (χ0n) is 10.9. The van der Waals surface area contributed by atoms with E-state index in [-0.39, 0.29) is 17.8 Å². The normalized spacial score (nSPS) is 43.2. The van der Waals surface area contributed by atoms with Gasteiger partial charge < -0.3 is 9.47 Å². The van der Waals surface area contributed by atoms with Gasteiger partial charge in [0.05, 0.1) is 12.7 Å². The highest BCUT2D eigenvalue weighted by atomic mass is 16.7. The molecule has 1 saturated heterocycles. The van der Waals surface area contributed by atoms with Crippen LogP contribution in [0.1, 0.15) is 40.5 Å². The molecule has 0 spiro atoms. The van der Waals surface area contributed by atoms with E-state index >= 15 is 0 Å². The van der Waals surface area contributed by atoms with Crippen molar-refractivity contribution in [2.75, 3.05) is 6.61 Å². The summed E-state index contributed by atoms with van der Waals surface area (Å²) in [5, 5.41) is 0. The topological polar surface area (TPSA) is 18.5 Å². The third kappa shape index (κ3) is 2.33. The van der Waals surface area contributed by atoms with Crippen LogP contribution < -0.4 is 0 Å². The Kier molecular flexibility index (Phi) is 3.41. The van der Waals surface area contributed by atoms with Crippen LogP contribution in [-0.4, -0.2) is 19.0 Å². The Morgan fingerprint density at radius 3 is 2.44 bits per heavy atom. The van der Waals surface area contributed by atoms with Gasteiger partial charge in [0.1, 0.15) is 0 Å². The molecule has 0 radical (unpaired) electrons. The van der Waals surface area contributed by atoms with Gasteiger partial charge in [-0.2, -0.15) is 0 Å². The fourth-order valence-electron chi connectivity index (χ4n) is 2.41. The van der Waals surface area contributed by atoms with E-state index in [1.165, 1.54) is 0 Å². The first-order chi connectivity index (χ1) is 7.50. The molecule has 2 aliphatic rings. The summed E-state index contributed by atoms with van der Waals surface area (Å²) >= 11 is 0. The van der Waals surface area contributed by atoms with Gasteiger partial charge in [-0.15, -0.1) is 0 Å². The molecule has 92 valence electrons. The lowest BCUT2D eigenvalue weighted by molar-refractivity contribution is -0.278. The van der Waals surface area contributed by atoms with Crippen LogP contribution in [0.3, 0.4) is 0 Å². The minimum absolute atomic E-state index is 0.00275. The molecule has 1 aliphatic heterocycles. The number of allylic oxidation sites excluding steroid dienone is 2. The van der Waals surface area contributed by atoms with Crippen LogP contribution >= 0.6 is 0 Å². The average Bonchev–Trinajstić information content (AvgIpc) is 2.23. The molecule has 4 atom stereocenters. The van der Waals surface area contributed by atoms with Crippen LogP contribution in [0, 0.1) is 17.3 Å². The predicted molar refractivity (Wildman–Crippen MR) is 65.1 cm³/mol. The fraction of sp³-hybridized carbons (Fsp3) is 0.857. The average molecular weight is 224 g/mol. The van der Waals surface area contributed by atoms with Gasteiger partial charge in [0.25, 0.3) is 0 Å². The molecule has 0 aromatic heterocycles. The lowest BCUT2D eigenvalue weighted by atomic mass is 9.82. The van der Waals surface area contributed by atoms with Gasteiger partial charge in [0, 0.05) is 11.3 Å². The van der Waals surface area contributed by atoms with Gasteiger partial charge in [-0.25, -0.2) is 0 Å². The molecule has 0 aromatic rings. The highest BCUT2D eigenvalue weighted by Gasteiger charge is 2.39. The Morgan fingerprint density at radius 2 is 1.81 bits per heavy atom. The van der Waals surface area contributed by atoms with Crippen molar-refractivity contribution in [2.45, 2.75) is 52.9 Å². The minimum atomic E-state index is 0.00275. The second-order valence-corrected chi connectivity index (χ2v) is 6.03. The lowest BCUT2D eigenvalue weighted by Gasteiger charge is -2.44. The molecule has 2 nitrogen and oxygen atoms in total. The maximum atomic E-state index is 6.06. The molecular weight excluding hydrogens is 200 g/mol. The van der Waals surface area contributed by atoms with E-state index < -0.39 is 0 Å². The van der Waals surface area contributed by atoms with Gasteiger partial charge in [-0.3, -0.25) is 0 Å². The van der Waals surface area contributed by atoms with E-state index in [4.69, 9.17) is 9.47 Å². The zero-order valence-corrected chi connectivity index (χ0v) is 10.9. The summed E-state index contributed by atoms with van der Waals surface area (Å²) in [7, 11) is 0. The molecular formula is C14H24O2. The van der Waals surface area contributed by atoms with Crippen molar-refractivity contribution in [1.82, 2.24) is 0 Å². The van der Waals surface area contributed by atoms with Gasteiger partial charge in [0.15, 0.2) is 6.29 Å². The molecule has 1 aliphatic carbocycles. The quantitative estimate of drug-likeness (QED) is 0.636. The number of rotatable bonds is 1. The summed E-state index contributed by atoms with van der Waals surface area (Å²) in [5.41, 5.74) is 0.143. The van der Waals surface area contributed by atoms with Crippen molar-refractivity contribution < 1.29 is 9.47 Å². The second-order valence-electron chi connectivity index (χ2n) is 6.03. The van der Waals surface area contributed by atoms with E-state index in [1.54, 1.807) is 0 Å². The van der Waals surface area contributed by atoms with Gasteiger partial charge >= 0.3 is 0 Å². The smallest absolute Gasteiger partial charge is 0.161 e. The monoisotopic (exact) mass is 224 g/mol. The minimum Gasteiger partial charge on any atom is -0.352 e. The Bertz CT molecular complexity index is 270. The first-order valence-corrected chi connectivity index (χ1v) is 6.43. The summed E-state index contributed by atoms with van der Waals surface area (Å²) in [6.07, 6.45) is 7.08. The molecule has 2 heteroatoms. The van der Waals surface area contributed by atoms with Crippen molar-refractivity contribution in [3.63, 3.8) is 0 Å². The summed E-state index contributed by atoms with van der Waals surface area (Å²) in [6.45, 7) is 9.69. The van der Waals surface area contributed by atoms with Gasteiger partial charge in [-0.05, 0) is 25.7 Å². The lowest BCUT2D eigenvalue weighted by Crippen LogP contribution is -2.48. The van der Waals surface area contributed by atoms with E-state index in [2.05, 4.69) is 39.8 Å². The maximum absolute atomic E-state index is 6.06. The molecule has 0 saturated carbocycles. The number of ether oxygens (including phenoxy) is 2. The van der Waals surface area contributed by atoms with Crippen molar-refractivity contribution in [2.24, 2.45) is 17.3 Å². The van der Waals surface area contributed by atoms with E-state index in [1.807, 2.05) is 0 Å². The number of hydrogen-bond acceptors (Lipinski definition) is 2. The molecule has 0 aromatic carbocycles. The van der Waals surface area contributed by atoms with Crippen molar-refractivity contribution in [1.29, 1.82) is 0 Å². The van der Waals surface area contributed by atoms with Crippen LogP contribution in [0.25, 0.3) is 0 Å². The first kappa shape index (κ1) is 12.1. The third-order valence-electron chi connectivity index (χ3n) is 4.22. The highest BCUT2D eigenvalue weighted by Crippen LogP contribution is 2.37. The van der Waals surface area contributed by atoms with E-state index in [9.17, 15) is 0 Å². The van der Waals surface area contributed by atoms with Crippen molar-refractivity contribution in [3.05, 3.63) is 12.2 Å². The molecule has 0 bridgehead atoms. The summed E-state index contributed by atoms with van der Waals surface area (Å²) in [4.78, 5) is 0. The first-order valence-electron chi connectivity index (χ1n) is 6.43. The standard InChI is InChI=1S/C14H24O2/c1-10-7-5-6-8-12(10)13-15-9-14(3,4)11(2)16-13/h5-6,10-13H,7-9H2,1-4H3. The summed E-state index contributed by atoms with van der Waals surface area (Å²) in [6, 6.07) is 0. The molecule has 0 amide bonds. The maximum Gasteiger partial charge on any atom is 0.161 e. The SMILES string of the molecule is CC1CC=CCC1C1OCC(C)(C)C(C)O1. The molecule has 4 unspecified atom stereocenters. The molecule has 2 rings (SSSR count). The second kappa shape index (κ2) is 4.50. The third-order valence-corrected chi connectivity index (χ3v) is 4.22. The van der Waals surface area contributed by atoms with E-state index in [0.29, 0.717) is 11.8 Å². The van der Waals surface area contributed by atoms with Crippen LogP contribution in [0.4, 0.5) is 0 Å². The summed E-state index contributed by atoms with van der Waals surface area (Å²) in [5.74, 6) is 1.20. The van der Waals surface area contributed by atoms with Crippen LogP contribution in [0.5, 0.6) is 0 Å². The summed E-state index contributed by atoms with van der Waals surface area (Å²) < 4.78 is 12.0. The number of hydrogen-bond donors (Lipinski definition) is 0. The van der Waals surface area contributed by atoms with Crippen LogP contribution in [0.15, 0.2) is 12.2 Å². The molecule has 1 fully saturated rings. The largest absolute Gasteiger partial charge is 0.352 e. The fourth-order valence-corrected chi connectivity index (χ4v) is 2.41. The highest BCUT2D eigenvalue weighted by molar-refractivity contribution is 4.95. The van der Waals surface area contributed by atoms with Crippen molar-refractivity contribution >= 4 is 0 Å². The van der Waals surface area contributed by atoms with Crippen LogP contribution in [-0.2, 0) is 9.47 Å². The Balaban J connectivity index is 1.99. The van der Waals surface area contributed by atoms with Gasteiger partial charge in [-0.1, -0.05) is 32.9 Å². The Morgan fingerprint density at radius 1 is 1.12 bits per heavy atom. The predicted octanol–water partition coefficient (Wildman–Crippen LogP) is 3.38. The van der Waals surface area contributed by atoms with Crippen molar-refractivity contribution in [3.8, 4) is 0 Å². The molecule has 0 N–H and O–H groups in total.